The van der Waals surface area contributed by atoms with Crippen LogP contribution in [-0.4, -0.2) is 42.1 Å². The molecule has 0 aromatic heterocycles. The monoisotopic (exact) mass is 360 g/mol. The Morgan fingerprint density at radius 1 is 0.955 bits per heavy atom. The molecule has 1 saturated heterocycles. The summed E-state index contributed by atoms with van der Waals surface area (Å²) in [5.41, 5.74) is 1.78. The highest BCUT2D eigenvalue weighted by Crippen LogP contribution is 2.22. The van der Waals surface area contributed by atoms with Crippen molar-refractivity contribution >= 4 is 27.5 Å². The molecule has 0 saturated carbocycles. The number of anilines is 1. The third-order valence-corrected chi connectivity index (χ3v) is 4.58. The van der Waals surface area contributed by atoms with Crippen LogP contribution in [0.2, 0.25) is 0 Å². The number of aromatic hydroxyl groups is 1. The second-order valence-corrected chi connectivity index (χ2v) is 6.13. The van der Waals surface area contributed by atoms with Crippen molar-refractivity contribution < 1.29 is 9.90 Å². The first-order valence-corrected chi connectivity index (χ1v) is 8.02. The molecule has 2 aromatic rings. The highest BCUT2D eigenvalue weighted by atomic mass is 79.9. The number of carbonyl (C=O) groups excluding carboxylic acids is 1. The highest BCUT2D eigenvalue weighted by Gasteiger charge is 2.23. The Morgan fingerprint density at radius 3 is 2.23 bits per heavy atom. The van der Waals surface area contributed by atoms with Gasteiger partial charge in [0.25, 0.3) is 5.91 Å². The van der Waals surface area contributed by atoms with Gasteiger partial charge >= 0.3 is 0 Å². The number of hydrogen-bond acceptors (Lipinski definition) is 3. The quantitative estimate of drug-likeness (QED) is 0.894. The Labute approximate surface area is 138 Å². The first kappa shape index (κ1) is 14.9. The summed E-state index contributed by atoms with van der Waals surface area (Å²) in [5, 5.41) is 9.35. The maximum absolute atomic E-state index is 12.6. The van der Waals surface area contributed by atoms with Crippen LogP contribution in [-0.2, 0) is 0 Å². The maximum Gasteiger partial charge on any atom is 0.255 e. The van der Waals surface area contributed by atoms with Gasteiger partial charge in [0, 0.05) is 36.3 Å². The number of rotatable bonds is 2. The minimum atomic E-state index is 0.0674. The van der Waals surface area contributed by atoms with Gasteiger partial charge in [-0.1, -0.05) is 12.1 Å². The molecule has 0 atom stereocenters. The number of amides is 1. The number of carbonyl (C=O) groups is 1. The first-order chi connectivity index (χ1) is 10.6. The van der Waals surface area contributed by atoms with Gasteiger partial charge in [-0.2, -0.15) is 0 Å². The van der Waals surface area contributed by atoms with Crippen molar-refractivity contribution in [2.75, 3.05) is 31.1 Å². The molecule has 22 heavy (non-hydrogen) atoms. The zero-order valence-electron chi connectivity index (χ0n) is 12.1. The normalized spacial score (nSPS) is 15.0. The molecule has 2 aromatic carbocycles. The number of hydrogen-bond donors (Lipinski definition) is 1. The summed E-state index contributed by atoms with van der Waals surface area (Å²) >= 11 is 3.44. The smallest absolute Gasteiger partial charge is 0.255 e. The van der Waals surface area contributed by atoms with Crippen molar-refractivity contribution in [3.05, 3.63) is 58.6 Å². The number of phenols is 1. The van der Waals surface area contributed by atoms with E-state index in [-0.39, 0.29) is 11.7 Å². The van der Waals surface area contributed by atoms with E-state index in [4.69, 9.17) is 0 Å². The van der Waals surface area contributed by atoms with Crippen LogP contribution in [0.25, 0.3) is 0 Å². The number of benzene rings is 2. The van der Waals surface area contributed by atoms with Gasteiger partial charge in [0.1, 0.15) is 5.75 Å². The minimum absolute atomic E-state index is 0.0674. The fourth-order valence-corrected chi connectivity index (χ4v) is 3.09. The Morgan fingerprint density at radius 2 is 1.59 bits per heavy atom. The van der Waals surface area contributed by atoms with E-state index in [1.54, 1.807) is 12.1 Å². The zero-order chi connectivity index (χ0) is 15.5. The summed E-state index contributed by atoms with van der Waals surface area (Å²) in [5.74, 6) is 0.337. The topological polar surface area (TPSA) is 43.8 Å². The summed E-state index contributed by atoms with van der Waals surface area (Å²) in [6.07, 6.45) is 0. The number of nitrogens with zero attached hydrogens (tertiary/aromatic N) is 2. The average Bonchev–Trinajstić information content (AvgIpc) is 2.56. The van der Waals surface area contributed by atoms with Crippen LogP contribution >= 0.6 is 15.9 Å². The summed E-state index contributed by atoms with van der Waals surface area (Å²) in [6.45, 7) is 2.98. The van der Waals surface area contributed by atoms with Crippen molar-refractivity contribution in [2.45, 2.75) is 0 Å². The van der Waals surface area contributed by atoms with Crippen LogP contribution in [0.5, 0.6) is 5.75 Å². The molecular formula is C17H17BrN2O2. The Kier molecular flexibility index (Phi) is 4.34. The Hall–Kier alpha value is -2.01. The fraction of sp³-hybridized carbons (Fsp3) is 0.235. The number of phenolic OH excluding ortho intramolecular Hbond substituents is 1. The van der Waals surface area contributed by atoms with Crippen LogP contribution < -0.4 is 4.90 Å². The van der Waals surface area contributed by atoms with E-state index < -0.39 is 0 Å². The van der Waals surface area contributed by atoms with E-state index in [1.807, 2.05) is 41.3 Å². The minimum Gasteiger partial charge on any atom is -0.508 e. The van der Waals surface area contributed by atoms with Crippen molar-refractivity contribution in [3.8, 4) is 5.75 Å². The van der Waals surface area contributed by atoms with Crippen molar-refractivity contribution in [1.29, 1.82) is 0 Å². The predicted molar refractivity (Wildman–Crippen MR) is 90.4 cm³/mol. The van der Waals surface area contributed by atoms with E-state index in [2.05, 4.69) is 20.8 Å². The molecule has 0 radical (unpaired) electrons. The number of piperazine rings is 1. The SMILES string of the molecule is O=C(c1ccccc1Br)N1CCN(c2ccc(O)cc2)CC1. The summed E-state index contributed by atoms with van der Waals surface area (Å²) < 4.78 is 0.834. The molecule has 3 rings (SSSR count). The van der Waals surface area contributed by atoms with Gasteiger partial charge in [-0.05, 0) is 52.3 Å². The van der Waals surface area contributed by atoms with E-state index in [1.165, 1.54) is 0 Å². The lowest BCUT2D eigenvalue weighted by molar-refractivity contribution is 0.0746. The summed E-state index contributed by atoms with van der Waals surface area (Å²) in [7, 11) is 0. The van der Waals surface area contributed by atoms with Gasteiger partial charge in [0.15, 0.2) is 0 Å². The molecule has 0 aliphatic carbocycles. The molecule has 1 amide bonds. The van der Waals surface area contributed by atoms with Crippen molar-refractivity contribution in [3.63, 3.8) is 0 Å². The molecule has 114 valence electrons. The van der Waals surface area contributed by atoms with Crippen molar-refractivity contribution in [1.82, 2.24) is 4.90 Å². The summed E-state index contributed by atoms with van der Waals surface area (Å²) in [4.78, 5) is 16.7. The zero-order valence-corrected chi connectivity index (χ0v) is 13.7. The molecule has 0 unspecified atom stereocenters. The van der Waals surface area contributed by atoms with Crippen LogP contribution in [0.4, 0.5) is 5.69 Å². The number of halogens is 1. The third-order valence-electron chi connectivity index (χ3n) is 3.89. The molecule has 4 nitrogen and oxygen atoms in total. The van der Waals surface area contributed by atoms with Crippen LogP contribution in [0, 0.1) is 0 Å². The van der Waals surface area contributed by atoms with Gasteiger partial charge in [-0.3, -0.25) is 4.79 Å². The van der Waals surface area contributed by atoms with Gasteiger partial charge in [-0.25, -0.2) is 0 Å². The molecule has 1 aliphatic rings. The van der Waals surface area contributed by atoms with Crippen LogP contribution in [0.1, 0.15) is 10.4 Å². The second-order valence-electron chi connectivity index (χ2n) is 5.28. The second kappa shape index (κ2) is 6.40. The fourth-order valence-electron chi connectivity index (χ4n) is 2.64. The largest absolute Gasteiger partial charge is 0.508 e. The third kappa shape index (κ3) is 3.09. The standard InChI is InChI=1S/C17H17BrN2O2/c18-16-4-2-1-3-15(16)17(22)20-11-9-19(10-12-20)13-5-7-14(21)8-6-13/h1-8,21H,9-12H2. The molecular weight excluding hydrogens is 344 g/mol. The van der Waals surface area contributed by atoms with Gasteiger partial charge in [-0.15, -0.1) is 0 Å². The van der Waals surface area contributed by atoms with E-state index >= 15 is 0 Å². The molecule has 1 N–H and O–H groups in total. The van der Waals surface area contributed by atoms with Crippen LogP contribution in [0.3, 0.4) is 0 Å². The summed E-state index contributed by atoms with van der Waals surface area (Å²) in [6, 6.07) is 14.7. The lowest BCUT2D eigenvalue weighted by atomic mass is 10.1. The lowest BCUT2D eigenvalue weighted by Gasteiger charge is -2.36. The molecule has 0 spiro atoms. The van der Waals surface area contributed by atoms with E-state index in [0.717, 1.165) is 23.2 Å². The maximum atomic E-state index is 12.6. The Balaban J connectivity index is 1.65. The van der Waals surface area contributed by atoms with Crippen LogP contribution in [0.15, 0.2) is 53.0 Å². The molecule has 5 heteroatoms. The van der Waals surface area contributed by atoms with Gasteiger partial charge < -0.3 is 14.9 Å². The van der Waals surface area contributed by atoms with E-state index in [0.29, 0.717) is 18.7 Å². The molecule has 1 aliphatic heterocycles. The molecule has 1 heterocycles. The molecule has 1 fully saturated rings. The predicted octanol–water partition coefficient (Wildman–Crippen LogP) is 3.12. The Bertz CT molecular complexity index is 665. The van der Waals surface area contributed by atoms with E-state index in [9.17, 15) is 9.90 Å². The first-order valence-electron chi connectivity index (χ1n) is 7.23. The highest BCUT2D eigenvalue weighted by molar-refractivity contribution is 9.10. The average molecular weight is 361 g/mol. The molecule has 0 bridgehead atoms. The van der Waals surface area contributed by atoms with Crippen molar-refractivity contribution in [2.24, 2.45) is 0 Å². The van der Waals surface area contributed by atoms with Gasteiger partial charge in [0.05, 0.1) is 5.56 Å². The van der Waals surface area contributed by atoms with Gasteiger partial charge in [0.2, 0.25) is 0 Å². The lowest BCUT2D eigenvalue weighted by Crippen LogP contribution is -2.48.